The molecule has 0 atom stereocenters. The summed E-state index contributed by atoms with van der Waals surface area (Å²) in [5, 5.41) is 3.25. The topological polar surface area (TPSA) is 73.6 Å². The Morgan fingerprint density at radius 3 is 2.26 bits per heavy atom. The molecule has 1 aromatic carbocycles. The Balaban J connectivity index is 2.37. The number of nitrogens with two attached hydrogens (primary N) is 1. The van der Waals surface area contributed by atoms with Crippen LogP contribution >= 0.6 is 0 Å². The molecule has 0 spiro atoms. The fraction of sp³-hybridized carbons (Fsp3) is 0.500. The standard InChI is InChI=1S/C14H22N2O3/c1-3-18-13(19-4-2)9-10-16-12-7-5-11(6-8-12)14(15)17/h5-8,13,16H,3-4,9-10H2,1-2H3,(H2,15,17). The van der Waals surface area contributed by atoms with Crippen LogP contribution in [-0.2, 0) is 9.47 Å². The molecule has 5 heteroatoms. The fourth-order valence-corrected chi connectivity index (χ4v) is 1.67. The summed E-state index contributed by atoms with van der Waals surface area (Å²) >= 11 is 0. The van der Waals surface area contributed by atoms with Gasteiger partial charge in [-0.25, -0.2) is 0 Å². The minimum Gasteiger partial charge on any atom is -0.385 e. The lowest BCUT2D eigenvalue weighted by Crippen LogP contribution is -2.21. The first-order valence-corrected chi connectivity index (χ1v) is 6.54. The van der Waals surface area contributed by atoms with Gasteiger partial charge in [0.2, 0.25) is 5.91 Å². The molecule has 106 valence electrons. The van der Waals surface area contributed by atoms with Crippen LogP contribution in [0.2, 0.25) is 0 Å². The number of ether oxygens (including phenoxy) is 2. The predicted molar refractivity (Wildman–Crippen MR) is 75.1 cm³/mol. The van der Waals surface area contributed by atoms with Gasteiger partial charge in [0.25, 0.3) is 0 Å². The zero-order chi connectivity index (χ0) is 14.1. The zero-order valence-corrected chi connectivity index (χ0v) is 11.5. The normalized spacial score (nSPS) is 10.7. The second-order valence-electron chi connectivity index (χ2n) is 4.00. The van der Waals surface area contributed by atoms with E-state index in [4.69, 9.17) is 15.2 Å². The van der Waals surface area contributed by atoms with Crippen molar-refractivity contribution in [2.45, 2.75) is 26.6 Å². The van der Waals surface area contributed by atoms with E-state index in [0.29, 0.717) is 18.8 Å². The van der Waals surface area contributed by atoms with Crippen molar-refractivity contribution in [2.24, 2.45) is 5.73 Å². The number of rotatable bonds is 9. The molecular formula is C14H22N2O3. The van der Waals surface area contributed by atoms with Gasteiger partial charge in [-0.15, -0.1) is 0 Å². The molecule has 0 radical (unpaired) electrons. The number of carbonyl (C=O) groups excluding carboxylic acids is 1. The second kappa shape index (κ2) is 8.50. The van der Waals surface area contributed by atoms with Crippen LogP contribution in [0, 0.1) is 0 Å². The molecule has 0 saturated carbocycles. The number of hydrogen-bond donors (Lipinski definition) is 2. The van der Waals surface area contributed by atoms with Gasteiger partial charge in [-0.2, -0.15) is 0 Å². The van der Waals surface area contributed by atoms with E-state index in [1.165, 1.54) is 0 Å². The van der Waals surface area contributed by atoms with Gasteiger partial charge in [0.1, 0.15) is 0 Å². The third-order valence-corrected chi connectivity index (χ3v) is 2.58. The Labute approximate surface area is 114 Å². The average Bonchev–Trinajstić information content (AvgIpc) is 2.40. The summed E-state index contributed by atoms with van der Waals surface area (Å²) in [5.74, 6) is -0.417. The number of primary amides is 1. The fourth-order valence-electron chi connectivity index (χ4n) is 1.67. The van der Waals surface area contributed by atoms with E-state index < -0.39 is 5.91 Å². The molecule has 0 heterocycles. The smallest absolute Gasteiger partial charge is 0.248 e. The van der Waals surface area contributed by atoms with Crippen LogP contribution in [0.4, 0.5) is 5.69 Å². The number of benzene rings is 1. The summed E-state index contributed by atoms with van der Waals surface area (Å²) in [6.45, 7) is 5.90. The monoisotopic (exact) mass is 266 g/mol. The van der Waals surface area contributed by atoms with Gasteiger partial charge in [-0.05, 0) is 38.1 Å². The minimum atomic E-state index is -0.417. The van der Waals surface area contributed by atoms with Gasteiger partial charge in [0, 0.05) is 37.4 Å². The van der Waals surface area contributed by atoms with E-state index >= 15 is 0 Å². The van der Waals surface area contributed by atoms with Crippen LogP contribution < -0.4 is 11.1 Å². The van der Waals surface area contributed by atoms with Gasteiger partial charge in [-0.3, -0.25) is 4.79 Å². The number of amides is 1. The maximum atomic E-state index is 10.9. The Kier molecular flexibility index (Phi) is 6.92. The molecule has 1 aromatic rings. The van der Waals surface area contributed by atoms with Crippen LogP contribution in [0.3, 0.4) is 0 Å². The van der Waals surface area contributed by atoms with Crippen molar-refractivity contribution in [3.8, 4) is 0 Å². The quantitative estimate of drug-likeness (QED) is 0.670. The van der Waals surface area contributed by atoms with Gasteiger partial charge >= 0.3 is 0 Å². The third-order valence-electron chi connectivity index (χ3n) is 2.58. The van der Waals surface area contributed by atoms with Crippen LogP contribution in [0.5, 0.6) is 0 Å². The highest BCUT2D eigenvalue weighted by atomic mass is 16.7. The van der Waals surface area contributed by atoms with Gasteiger partial charge < -0.3 is 20.5 Å². The summed E-state index contributed by atoms with van der Waals surface area (Å²) < 4.78 is 10.9. The van der Waals surface area contributed by atoms with Crippen molar-refractivity contribution in [1.29, 1.82) is 0 Å². The van der Waals surface area contributed by atoms with Crippen LogP contribution in [0.1, 0.15) is 30.6 Å². The number of carbonyl (C=O) groups is 1. The Hall–Kier alpha value is -1.59. The first kappa shape index (κ1) is 15.5. The molecule has 0 bridgehead atoms. The molecule has 3 N–H and O–H groups in total. The van der Waals surface area contributed by atoms with Crippen molar-refractivity contribution < 1.29 is 14.3 Å². The molecule has 0 unspecified atom stereocenters. The summed E-state index contributed by atoms with van der Waals surface area (Å²) in [6, 6.07) is 7.06. The molecule has 0 aliphatic carbocycles. The summed E-state index contributed by atoms with van der Waals surface area (Å²) in [4.78, 5) is 10.9. The molecular weight excluding hydrogens is 244 g/mol. The third kappa shape index (κ3) is 5.72. The molecule has 0 aliphatic rings. The molecule has 5 nitrogen and oxygen atoms in total. The van der Waals surface area contributed by atoms with Crippen molar-refractivity contribution in [3.63, 3.8) is 0 Å². The van der Waals surface area contributed by atoms with Crippen LogP contribution in [0.15, 0.2) is 24.3 Å². The minimum absolute atomic E-state index is 0.174. The summed E-state index contributed by atoms with van der Waals surface area (Å²) in [5.41, 5.74) is 6.63. The molecule has 1 rings (SSSR count). The van der Waals surface area contributed by atoms with Crippen molar-refractivity contribution in [2.75, 3.05) is 25.1 Å². The average molecular weight is 266 g/mol. The highest BCUT2D eigenvalue weighted by molar-refractivity contribution is 5.93. The molecule has 0 fully saturated rings. The molecule has 0 saturated heterocycles. The molecule has 0 aliphatic heterocycles. The lowest BCUT2D eigenvalue weighted by atomic mass is 10.2. The maximum absolute atomic E-state index is 10.9. The summed E-state index contributed by atoms with van der Waals surface area (Å²) in [7, 11) is 0. The highest BCUT2D eigenvalue weighted by Gasteiger charge is 2.07. The second-order valence-corrected chi connectivity index (χ2v) is 4.00. The highest BCUT2D eigenvalue weighted by Crippen LogP contribution is 2.10. The Morgan fingerprint density at radius 1 is 1.21 bits per heavy atom. The van der Waals surface area contributed by atoms with E-state index in [1.807, 2.05) is 26.0 Å². The SMILES string of the molecule is CCOC(CCNc1ccc(C(N)=O)cc1)OCC. The van der Waals surface area contributed by atoms with Crippen molar-refractivity contribution >= 4 is 11.6 Å². The molecule has 19 heavy (non-hydrogen) atoms. The van der Waals surface area contributed by atoms with Crippen LogP contribution in [-0.4, -0.2) is 32.0 Å². The first-order chi connectivity index (χ1) is 9.17. The maximum Gasteiger partial charge on any atom is 0.248 e. The zero-order valence-electron chi connectivity index (χ0n) is 11.5. The predicted octanol–water partition coefficient (Wildman–Crippen LogP) is 1.99. The number of anilines is 1. The lowest BCUT2D eigenvalue weighted by molar-refractivity contribution is -0.137. The van der Waals surface area contributed by atoms with Gasteiger partial charge in [0.05, 0.1) is 0 Å². The van der Waals surface area contributed by atoms with Crippen LogP contribution in [0.25, 0.3) is 0 Å². The Bertz CT molecular complexity index is 373. The van der Waals surface area contributed by atoms with Gasteiger partial charge in [-0.1, -0.05) is 0 Å². The van der Waals surface area contributed by atoms with E-state index in [-0.39, 0.29) is 6.29 Å². The van der Waals surface area contributed by atoms with E-state index in [1.54, 1.807) is 12.1 Å². The number of hydrogen-bond acceptors (Lipinski definition) is 4. The Morgan fingerprint density at radius 2 is 1.79 bits per heavy atom. The van der Waals surface area contributed by atoms with Gasteiger partial charge in [0.15, 0.2) is 6.29 Å². The van der Waals surface area contributed by atoms with Crippen molar-refractivity contribution in [3.05, 3.63) is 29.8 Å². The first-order valence-electron chi connectivity index (χ1n) is 6.54. The molecule has 1 amide bonds. The van der Waals surface area contributed by atoms with Crippen molar-refractivity contribution in [1.82, 2.24) is 0 Å². The van der Waals surface area contributed by atoms with E-state index in [0.717, 1.165) is 18.7 Å². The number of nitrogens with one attached hydrogen (secondary N) is 1. The molecule has 0 aromatic heterocycles. The largest absolute Gasteiger partial charge is 0.385 e. The van der Waals surface area contributed by atoms with E-state index in [9.17, 15) is 4.79 Å². The summed E-state index contributed by atoms with van der Waals surface area (Å²) in [6.07, 6.45) is 0.589. The van der Waals surface area contributed by atoms with E-state index in [2.05, 4.69) is 5.32 Å². The lowest BCUT2D eigenvalue weighted by Gasteiger charge is -2.17.